The van der Waals surface area contributed by atoms with Gasteiger partial charge in [0, 0.05) is 18.2 Å². The fourth-order valence-corrected chi connectivity index (χ4v) is 4.11. The highest BCUT2D eigenvalue weighted by Gasteiger charge is 2.66. The van der Waals surface area contributed by atoms with Gasteiger partial charge >= 0.3 is 0 Å². The number of rotatable bonds is 3. The standard InChI is InChI=1S/C21H21NO5/c1-24-21-17-16(22(17)19(23)13-8-4-2-5-9-13)18-15(26-21)12-25-20(27-18)14-10-6-3-7-11-14/h2-11,15-18,20-21H,12H2,1H3/t15-,16-,17+,18+,20-,21-,22?/m1/s1. The zero-order valence-corrected chi connectivity index (χ0v) is 14.9. The lowest BCUT2D eigenvalue weighted by atomic mass is 10.0. The molecule has 6 heteroatoms. The second-order valence-corrected chi connectivity index (χ2v) is 7.01. The third-order valence-corrected chi connectivity index (χ3v) is 5.45. The van der Waals surface area contributed by atoms with Gasteiger partial charge in [0.05, 0.1) is 12.6 Å². The highest BCUT2D eigenvalue weighted by atomic mass is 16.7. The average molecular weight is 367 g/mol. The first-order valence-electron chi connectivity index (χ1n) is 9.16. The lowest BCUT2D eigenvalue weighted by molar-refractivity contribution is -0.304. The molecule has 0 bridgehead atoms. The number of nitrogens with zero attached hydrogens (tertiary/aromatic N) is 1. The molecule has 0 N–H and O–H groups in total. The van der Waals surface area contributed by atoms with Gasteiger partial charge in [0.1, 0.15) is 18.2 Å². The first-order chi connectivity index (χ1) is 13.3. The van der Waals surface area contributed by atoms with Crippen molar-refractivity contribution in [2.45, 2.75) is 36.9 Å². The predicted molar refractivity (Wildman–Crippen MR) is 95.9 cm³/mol. The summed E-state index contributed by atoms with van der Waals surface area (Å²) in [6, 6.07) is 18.9. The van der Waals surface area contributed by atoms with E-state index in [2.05, 4.69) is 0 Å². The Kier molecular flexibility index (Phi) is 4.21. The summed E-state index contributed by atoms with van der Waals surface area (Å²) in [6.45, 7) is 0.403. The molecule has 3 aliphatic heterocycles. The van der Waals surface area contributed by atoms with Crippen LogP contribution < -0.4 is 0 Å². The number of fused-ring (bicyclic) bond motifs is 3. The van der Waals surface area contributed by atoms with Crippen molar-refractivity contribution in [3.8, 4) is 0 Å². The number of carbonyl (C=O) groups is 1. The molecule has 5 rings (SSSR count). The van der Waals surface area contributed by atoms with Gasteiger partial charge in [0.15, 0.2) is 12.6 Å². The van der Waals surface area contributed by atoms with Crippen molar-refractivity contribution in [2.24, 2.45) is 0 Å². The molecule has 1 amide bonds. The van der Waals surface area contributed by atoms with Gasteiger partial charge in [-0.3, -0.25) is 4.79 Å². The maximum Gasteiger partial charge on any atom is 0.254 e. The van der Waals surface area contributed by atoms with Crippen LogP contribution >= 0.6 is 0 Å². The summed E-state index contributed by atoms with van der Waals surface area (Å²) in [5.41, 5.74) is 1.62. The number of ether oxygens (including phenoxy) is 4. The van der Waals surface area contributed by atoms with E-state index in [9.17, 15) is 4.79 Å². The van der Waals surface area contributed by atoms with Crippen LogP contribution in [0.4, 0.5) is 0 Å². The molecule has 0 radical (unpaired) electrons. The Morgan fingerprint density at radius 2 is 1.70 bits per heavy atom. The van der Waals surface area contributed by atoms with Crippen LogP contribution in [0, 0.1) is 0 Å². The Morgan fingerprint density at radius 1 is 1.00 bits per heavy atom. The van der Waals surface area contributed by atoms with Crippen LogP contribution in [0.3, 0.4) is 0 Å². The maximum absolute atomic E-state index is 13.0. The normalized spacial score (nSPS) is 34.5. The molecular weight excluding hydrogens is 346 g/mol. The molecule has 3 saturated heterocycles. The Hall–Kier alpha value is -2.25. The minimum atomic E-state index is -0.468. The molecule has 6 atom stereocenters. The number of methoxy groups -OCH3 is 1. The second-order valence-electron chi connectivity index (χ2n) is 7.01. The summed E-state index contributed by atoms with van der Waals surface area (Å²) >= 11 is 0. The fourth-order valence-electron chi connectivity index (χ4n) is 4.11. The number of hydrogen-bond donors (Lipinski definition) is 0. The number of hydrogen-bond acceptors (Lipinski definition) is 5. The summed E-state index contributed by atoms with van der Waals surface area (Å²) < 4.78 is 23.6. The molecule has 0 aromatic heterocycles. The highest BCUT2D eigenvalue weighted by Crippen LogP contribution is 2.46. The number of amides is 1. The third-order valence-electron chi connectivity index (χ3n) is 5.45. The van der Waals surface area contributed by atoms with Gasteiger partial charge in [-0.1, -0.05) is 48.5 Å². The van der Waals surface area contributed by atoms with Crippen LogP contribution in [0.5, 0.6) is 0 Å². The lowest BCUT2D eigenvalue weighted by Crippen LogP contribution is -2.52. The fraction of sp³-hybridized carbons (Fsp3) is 0.381. The molecule has 2 aromatic rings. The van der Waals surface area contributed by atoms with Gasteiger partial charge < -0.3 is 23.8 Å². The van der Waals surface area contributed by atoms with Crippen molar-refractivity contribution in [3.05, 3.63) is 71.8 Å². The van der Waals surface area contributed by atoms with E-state index < -0.39 is 12.6 Å². The number of carbonyl (C=O) groups excluding carboxylic acids is 1. The summed E-state index contributed by atoms with van der Waals surface area (Å²) in [7, 11) is 1.60. The maximum atomic E-state index is 13.0. The Bertz CT molecular complexity index is 814. The van der Waals surface area contributed by atoms with Crippen molar-refractivity contribution in [3.63, 3.8) is 0 Å². The Labute approximate surface area is 157 Å². The topological polar surface area (TPSA) is 57.0 Å². The van der Waals surface area contributed by atoms with Crippen molar-refractivity contribution in [1.29, 1.82) is 0 Å². The van der Waals surface area contributed by atoms with E-state index in [-0.39, 0.29) is 30.2 Å². The molecule has 3 heterocycles. The molecule has 140 valence electrons. The van der Waals surface area contributed by atoms with Gasteiger partial charge in [0.2, 0.25) is 0 Å². The van der Waals surface area contributed by atoms with Crippen LogP contribution in [-0.2, 0) is 18.9 Å². The molecule has 3 aliphatic rings. The zero-order valence-electron chi connectivity index (χ0n) is 14.9. The van der Waals surface area contributed by atoms with E-state index in [1.807, 2.05) is 65.6 Å². The smallest absolute Gasteiger partial charge is 0.254 e. The minimum absolute atomic E-state index is 0.0248. The molecule has 0 unspecified atom stereocenters. The molecule has 27 heavy (non-hydrogen) atoms. The van der Waals surface area contributed by atoms with Crippen molar-refractivity contribution in [1.82, 2.24) is 4.90 Å². The molecule has 0 aliphatic carbocycles. The van der Waals surface area contributed by atoms with E-state index in [4.69, 9.17) is 18.9 Å². The first-order valence-corrected chi connectivity index (χ1v) is 9.16. The van der Waals surface area contributed by atoms with Gasteiger partial charge in [-0.05, 0) is 12.1 Å². The molecule has 2 aromatic carbocycles. The molecule has 3 fully saturated rings. The third kappa shape index (κ3) is 2.85. The van der Waals surface area contributed by atoms with Crippen LogP contribution in [0.1, 0.15) is 22.2 Å². The SMILES string of the molecule is CO[C@@H]1O[C@@H]2CO[C@@H](c3ccccc3)O[C@@H]2[C@H]2[C@@H]1N2C(=O)c1ccccc1. The molecule has 6 nitrogen and oxygen atoms in total. The summed E-state index contributed by atoms with van der Waals surface area (Å²) in [5, 5.41) is 0. The van der Waals surface area contributed by atoms with Crippen molar-refractivity contribution < 1.29 is 23.7 Å². The van der Waals surface area contributed by atoms with Crippen LogP contribution in [0.15, 0.2) is 60.7 Å². The van der Waals surface area contributed by atoms with Crippen LogP contribution in [0.25, 0.3) is 0 Å². The highest BCUT2D eigenvalue weighted by molar-refractivity contribution is 5.96. The number of benzene rings is 2. The largest absolute Gasteiger partial charge is 0.354 e. The quantitative estimate of drug-likeness (QED) is 0.780. The summed E-state index contributed by atoms with van der Waals surface area (Å²) in [4.78, 5) is 14.8. The zero-order chi connectivity index (χ0) is 18.4. The predicted octanol–water partition coefficient (Wildman–Crippen LogP) is 2.37. The molecular formula is C21H21NO5. The average Bonchev–Trinajstić information content (AvgIpc) is 3.49. The van der Waals surface area contributed by atoms with Gasteiger partial charge in [-0.15, -0.1) is 0 Å². The Morgan fingerprint density at radius 3 is 2.41 bits per heavy atom. The van der Waals surface area contributed by atoms with E-state index in [0.717, 1.165) is 5.56 Å². The minimum Gasteiger partial charge on any atom is -0.354 e. The van der Waals surface area contributed by atoms with Gasteiger partial charge in [-0.25, -0.2) is 0 Å². The van der Waals surface area contributed by atoms with Crippen LogP contribution in [0.2, 0.25) is 0 Å². The van der Waals surface area contributed by atoms with E-state index in [1.54, 1.807) is 7.11 Å². The van der Waals surface area contributed by atoms with Crippen LogP contribution in [-0.4, -0.2) is 55.1 Å². The monoisotopic (exact) mass is 367 g/mol. The van der Waals surface area contributed by atoms with E-state index in [1.165, 1.54) is 0 Å². The first kappa shape index (κ1) is 16.9. The molecule has 0 saturated carbocycles. The van der Waals surface area contributed by atoms with Gasteiger partial charge in [-0.2, -0.15) is 0 Å². The second kappa shape index (κ2) is 6.73. The Balaban J connectivity index is 1.39. The van der Waals surface area contributed by atoms with E-state index in [0.29, 0.717) is 12.2 Å². The van der Waals surface area contributed by atoms with Crippen molar-refractivity contribution in [2.75, 3.05) is 13.7 Å². The van der Waals surface area contributed by atoms with Gasteiger partial charge in [0.25, 0.3) is 5.91 Å². The lowest BCUT2D eigenvalue weighted by Gasteiger charge is -2.39. The summed E-state index contributed by atoms with van der Waals surface area (Å²) in [5.74, 6) is -0.0248. The molecule has 0 spiro atoms. The van der Waals surface area contributed by atoms with Crippen molar-refractivity contribution >= 4 is 5.91 Å². The summed E-state index contributed by atoms with van der Waals surface area (Å²) in [6.07, 6.45) is -1.42. The van der Waals surface area contributed by atoms with E-state index >= 15 is 0 Å².